The Morgan fingerprint density at radius 3 is 2.94 bits per heavy atom. The second-order valence-corrected chi connectivity index (χ2v) is 4.90. The van der Waals surface area contributed by atoms with E-state index in [2.05, 4.69) is 20.6 Å². The Labute approximate surface area is 100 Å². The SMILES string of the molecule is O=c1nc(NC2CCCC2)c2c([nH]1)CCNC2. The molecule has 1 aliphatic heterocycles. The van der Waals surface area contributed by atoms with Crippen molar-refractivity contribution < 1.29 is 0 Å². The van der Waals surface area contributed by atoms with Crippen molar-refractivity contribution in [3.8, 4) is 0 Å². The molecular weight excluding hydrogens is 216 g/mol. The summed E-state index contributed by atoms with van der Waals surface area (Å²) in [4.78, 5) is 18.4. The molecule has 0 bridgehead atoms. The van der Waals surface area contributed by atoms with Crippen molar-refractivity contribution in [1.82, 2.24) is 15.3 Å². The van der Waals surface area contributed by atoms with E-state index in [9.17, 15) is 4.79 Å². The van der Waals surface area contributed by atoms with Crippen LogP contribution in [0.3, 0.4) is 0 Å². The molecule has 0 aromatic carbocycles. The highest BCUT2D eigenvalue weighted by molar-refractivity contribution is 5.47. The lowest BCUT2D eigenvalue weighted by Gasteiger charge is -2.21. The maximum absolute atomic E-state index is 11.5. The van der Waals surface area contributed by atoms with Crippen LogP contribution in [0.4, 0.5) is 5.82 Å². The molecule has 92 valence electrons. The Balaban J connectivity index is 1.91. The summed E-state index contributed by atoms with van der Waals surface area (Å²) >= 11 is 0. The first kappa shape index (κ1) is 10.8. The lowest BCUT2D eigenvalue weighted by atomic mass is 10.1. The topological polar surface area (TPSA) is 69.8 Å². The molecule has 0 unspecified atom stereocenters. The van der Waals surface area contributed by atoms with Crippen molar-refractivity contribution in [2.24, 2.45) is 0 Å². The maximum Gasteiger partial charge on any atom is 0.347 e. The average Bonchev–Trinajstić information content (AvgIpc) is 2.81. The molecule has 5 nitrogen and oxygen atoms in total. The van der Waals surface area contributed by atoms with Crippen LogP contribution < -0.4 is 16.3 Å². The fourth-order valence-electron chi connectivity index (χ4n) is 2.76. The molecule has 0 atom stereocenters. The predicted octanol–water partition coefficient (Wildman–Crippen LogP) is 0.770. The summed E-state index contributed by atoms with van der Waals surface area (Å²) in [6, 6.07) is 0.496. The van der Waals surface area contributed by atoms with E-state index >= 15 is 0 Å². The monoisotopic (exact) mass is 234 g/mol. The lowest BCUT2D eigenvalue weighted by Crippen LogP contribution is -2.31. The van der Waals surface area contributed by atoms with Crippen molar-refractivity contribution in [3.63, 3.8) is 0 Å². The van der Waals surface area contributed by atoms with Gasteiger partial charge in [0.05, 0.1) is 0 Å². The molecule has 0 spiro atoms. The zero-order chi connectivity index (χ0) is 11.7. The van der Waals surface area contributed by atoms with Gasteiger partial charge in [-0.2, -0.15) is 4.98 Å². The summed E-state index contributed by atoms with van der Waals surface area (Å²) < 4.78 is 0. The summed E-state index contributed by atoms with van der Waals surface area (Å²) in [6.07, 6.45) is 5.82. The molecule has 1 fully saturated rings. The number of aromatic nitrogens is 2. The molecule has 1 aliphatic carbocycles. The first-order chi connectivity index (χ1) is 8.33. The highest BCUT2D eigenvalue weighted by atomic mass is 16.1. The van der Waals surface area contributed by atoms with E-state index in [-0.39, 0.29) is 5.69 Å². The number of anilines is 1. The fraction of sp³-hybridized carbons (Fsp3) is 0.667. The summed E-state index contributed by atoms with van der Waals surface area (Å²) in [6.45, 7) is 1.73. The standard InChI is InChI=1S/C12H18N4O/c17-12-15-10-5-6-13-7-9(10)11(16-12)14-8-3-1-2-4-8/h8,13H,1-7H2,(H2,14,15,16,17). The Hall–Kier alpha value is -1.36. The Morgan fingerprint density at radius 1 is 1.29 bits per heavy atom. The fourth-order valence-corrected chi connectivity index (χ4v) is 2.76. The van der Waals surface area contributed by atoms with E-state index in [1.807, 2.05) is 0 Å². The van der Waals surface area contributed by atoms with Gasteiger partial charge in [0.1, 0.15) is 5.82 Å². The van der Waals surface area contributed by atoms with Crippen LogP contribution in [0.1, 0.15) is 36.9 Å². The van der Waals surface area contributed by atoms with Gasteiger partial charge in [0.25, 0.3) is 0 Å². The number of nitrogens with one attached hydrogen (secondary N) is 3. The third kappa shape index (κ3) is 2.20. The van der Waals surface area contributed by atoms with E-state index < -0.39 is 0 Å². The zero-order valence-electron chi connectivity index (χ0n) is 9.88. The molecule has 1 aromatic rings. The van der Waals surface area contributed by atoms with Crippen LogP contribution in [-0.2, 0) is 13.0 Å². The van der Waals surface area contributed by atoms with Gasteiger partial charge < -0.3 is 15.6 Å². The Bertz CT molecular complexity index is 462. The van der Waals surface area contributed by atoms with Gasteiger partial charge in [-0.3, -0.25) is 0 Å². The van der Waals surface area contributed by atoms with Crippen molar-refractivity contribution in [2.75, 3.05) is 11.9 Å². The van der Waals surface area contributed by atoms with Gasteiger partial charge in [0.2, 0.25) is 0 Å². The summed E-state index contributed by atoms with van der Waals surface area (Å²) in [5.41, 5.74) is 1.96. The largest absolute Gasteiger partial charge is 0.367 e. The van der Waals surface area contributed by atoms with Gasteiger partial charge in [-0.1, -0.05) is 12.8 Å². The number of nitrogens with zero attached hydrogens (tertiary/aromatic N) is 1. The van der Waals surface area contributed by atoms with Crippen LogP contribution in [-0.4, -0.2) is 22.6 Å². The minimum Gasteiger partial charge on any atom is -0.367 e. The van der Waals surface area contributed by atoms with Crippen LogP contribution >= 0.6 is 0 Å². The van der Waals surface area contributed by atoms with Crippen molar-refractivity contribution in [1.29, 1.82) is 0 Å². The van der Waals surface area contributed by atoms with E-state index in [1.165, 1.54) is 25.7 Å². The van der Waals surface area contributed by atoms with Crippen LogP contribution in [0.2, 0.25) is 0 Å². The normalized spacial score (nSPS) is 20.2. The molecule has 0 saturated heterocycles. The van der Waals surface area contributed by atoms with Gasteiger partial charge in [-0.15, -0.1) is 0 Å². The number of hydrogen-bond donors (Lipinski definition) is 3. The molecule has 0 amide bonds. The van der Waals surface area contributed by atoms with Crippen LogP contribution in [0, 0.1) is 0 Å². The molecule has 1 aromatic heterocycles. The molecule has 1 saturated carbocycles. The van der Waals surface area contributed by atoms with Crippen LogP contribution in [0.15, 0.2) is 4.79 Å². The minimum atomic E-state index is -0.230. The number of rotatable bonds is 2. The zero-order valence-corrected chi connectivity index (χ0v) is 9.88. The first-order valence-corrected chi connectivity index (χ1v) is 6.42. The second kappa shape index (κ2) is 4.49. The average molecular weight is 234 g/mol. The van der Waals surface area contributed by atoms with E-state index in [0.717, 1.165) is 36.6 Å². The lowest BCUT2D eigenvalue weighted by molar-refractivity contribution is 0.620. The van der Waals surface area contributed by atoms with E-state index in [1.54, 1.807) is 0 Å². The smallest absolute Gasteiger partial charge is 0.347 e. The Kier molecular flexibility index (Phi) is 2.84. The van der Waals surface area contributed by atoms with Gasteiger partial charge in [0.15, 0.2) is 0 Å². The van der Waals surface area contributed by atoms with E-state index in [4.69, 9.17) is 0 Å². The number of fused-ring (bicyclic) bond motifs is 1. The number of aromatic amines is 1. The van der Waals surface area contributed by atoms with Gasteiger partial charge in [0, 0.05) is 36.8 Å². The molecule has 5 heteroatoms. The molecule has 3 N–H and O–H groups in total. The van der Waals surface area contributed by atoms with Crippen molar-refractivity contribution in [2.45, 2.75) is 44.7 Å². The van der Waals surface area contributed by atoms with Gasteiger partial charge >= 0.3 is 5.69 Å². The minimum absolute atomic E-state index is 0.230. The predicted molar refractivity (Wildman–Crippen MR) is 66.1 cm³/mol. The molecule has 0 radical (unpaired) electrons. The summed E-state index contributed by atoms with van der Waals surface area (Å²) in [5, 5.41) is 6.76. The molecule has 2 heterocycles. The molecular formula is C12H18N4O. The Morgan fingerprint density at radius 2 is 2.12 bits per heavy atom. The van der Waals surface area contributed by atoms with Crippen LogP contribution in [0.5, 0.6) is 0 Å². The van der Waals surface area contributed by atoms with Gasteiger partial charge in [-0.05, 0) is 12.8 Å². The quantitative estimate of drug-likeness (QED) is 0.707. The van der Waals surface area contributed by atoms with Crippen molar-refractivity contribution >= 4 is 5.82 Å². The summed E-state index contributed by atoms with van der Waals surface area (Å²) in [7, 11) is 0. The number of hydrogen-bond acceptors (Lipinski definition) is 4. The third-order valence-electron chi connectivity index (χ3n) is 3.67. The highest BCUT2D eigenvalue weighted by Crippen LogP contribution is 2.24. The van der Waals surface area contributed by atoms with E-state index in [0.29, 0.717) is 6.04 Å². The molecule has 2 aliphatic rings. The van der Waals surface area contributed by atoms with Gasteiger partial charge in [-0.25, -0.2) is 4.79 Å². The van der Waals surface area contributed by atoms with Crippen molar-refractivity contribution in [3.05, 3.63) is 21.7 Å². The maximum atomic E-state index is 11.5. The third-order valence-corrected chi connectivity index (χ3v) is 3.67. The highest BCUT2D eigenvalue weighted by Gasteiger charge is 2.20. The summed E-state index contributed by atoms with van der Waals surface area (Å²) in [5.74, 6) is 0.794. The molecule has 3 rings (SSSR count). The number of H-pyrrole nitrogens is 1. The second-order valence-electron chi connectivity index (χ2n) is 4.90. The first-order valence-electron chi connectivity index (χ1n) is 6.42. The molecule has 17 heavy (non-hydrogen) atoms. The van der Waals surface area contributed by atoms with Crippen LogP contribution in [0.25, 0.3) is 0 Å².